The maximum atomic E-state index is 13.0. The van der Waals surface area contributed by atoms with Gasteiger partial charge in [-0.2, -0.15) is 0 Å². The Bertz CT molecular complexity index is 855. The summed E-state index contributed by atoms with van der Waals surface area (Å²) in [6.07, 6.45) is 0. The topological polar surface area (TPSA) is 42.0 Å². The molecule has 0 unspecified atom stereocenters. The Labute approximate surface area is 174 Å². The van der Waals surface area contributed by atoms with Crippen LogP contribution in [0.25, 0.3) is 0 Å². The zero-order chi connectivity index (χ0) is 21.0. The molecule has 1 amide bonds. The summed E-state index contributed by atoms with van der Waals surface area (Å²) in [5.74, 6) is 1.75. The van der Waals surface area contributed by atoms with Gasteiger partial charge in [-0.3, -0.25) is 4.79 Å². The monoisotopic (exact) mass is 396 g/mol. The number of hydrogen-bond donors (Lipinski definition) is 0. The van der Waals surface area contributed by atoms with E-state index in [4.69, 9.17) is 9.47 Å². The number of amides is 1. The summed E-state index contributed by atoms with van der Waals surface area (Å²) in [7, 11) is 1.61. The van der Waals surface area contributed by atoms with Crippen molar-refractivity contribution in [1.29, 1.82) is 0 Å². The second-order valence-electron chi connectivity index (χ2n) is 8.07. The quantitative estimate of drug-likeness (QED) is 0.730. The van der Waals surface area contributed by atoms with E-state index in [1.807, 2.05) is 17.0 Å². The number of piperazine rings is 1. The Balaban J connectivity index is 1.66. The van der Waals surface area contributed by atoms with Crippen molar-refractivity contribution in [1.82, 2.24) is 4.90 Å². The van der Waals surface area contributed by atoms with Gasteiger partial charge in [0.1, 0.15) is 0 Å². The first-order valence-electron chi connectivity index (χ1n) is 10.3. The van der Waals surface area contributed by atoms with E-state index in [0.717, 1.165) is 13.1 Å². The Morgan fingerprint density at radius 2 is 1.76 bits per heavy atom. The number of methoxy groups -OCH3 is 1. The SMILES string of the molecule is COc1cc(C(=O)N2CCN(c3cccc(C)c3C)CC2)ccc1OCC(C)C. The molecule has 0 atom stereocenters. The van der Waals surface area contributed by atoms with Crippen LogP contribution in [0.1, 0.15) is 35.3 Å². The molecule has 5 nitrogen and oxygen atoms in total. The summed E-state index contributed by atoms with van der Waals surface area (Å²) >= 11 is 0. The molecule has 1 aliphatic rings. The lowest BCUT2D eigenvalue weighted by atomic mass is 10.1. The molecule has 1 saturated heterocycles. The molecule has 5 heteroatoms. The van der Waals surface area contributed by atoms with Crippen molar-refractivity contribution in [3.63, 3.8) is 0 Å². The number of rotatable bonds is 6. The van der Waals surface area contributed by atoms with Crippen LogP contribution in [0, 0.1) is 19.8 Å². The van der Waals surface area contributed by atoms with E-state index < -0.39 is 0 Å². The second-order valence-corrected chi connectivity index (χ2v) is 8.07. The van der Waals surface area contributed by atoms with Crippen molar-refractivity contribution >= 4 is 11.6 Å². The summed E-state index contributed by atoms with van der Waals surface area (Å²) in [6.45, 7) is 12.2. The molecule has 0 N–H and O–H groups in total. The molecule has 1 fully saturated rings. The lowest BCUT2D eigenvalue weighted by Crippen LogP contribution is -2.49. The molecule has 0 saturated carbocycles. The molecular weight excluding hydrogens is 364 g/mol. The predicted octanol–water partition coefficient (Wildman–Crippen LogP) is 4.31. The summed E-state index contributed by atoms with van der Waals surface area (Å²) in [5, 5.41) is 0. The van der Waals surface area contributed by atoms with Crippen LogP contribution in [-0.2, 0) is 0 Å². The highest BCUT2D eigenvalue weighted by Gasteiger charge is 2.24. The van der Waals surface area contributed by atoms with Crippen LogP contribution in [0.2, 0.25) is 0 Å². The third-order valence-electron chi connectivity index (χ3n) is 5.47. The van der Waals surface area contributed by atoms with Gasteiger partial charge in [0.05, 0.1) is 13.7 Å². The molecule has 0 bridgehead atoms. The standard InChI is InChI=1S/C24H32N2O3/c1-17(2)16-29-22-10-9-20(15-23(22)28-5)24(27)26-13-11-25(12-14-26)21-8-6-7-18(3)19(21)4/h6-10,15,17H,11-14,16H2,1-5H3. The molecule has 0 spiro atoms. The van der Waals surface area contributed by atoms with Gasteiger partial charge < -0.3 is 19.3 Å². The predicted molar refractivity (Wildman–Crippen MR) is 117 cm³/mol. The van der Waals surface area contributed by atoms with Crippen molar-refractivity contribution in [2.75, 3.05) is 44.8 Å². The van der Waals surface area contributed by atoms with E-state index >= 15 is 0 Å². The molecule has 29 heavy (non-hydrogen) atoms. The minimum Gasteiger partial charge on any atom is -0.493 e. The van der Waals surface area contributed by atoms with Crippen molar-refractivity contribution in [2.45, 2.75) is 27.7 Å². The number of nitrogens with zero attached hydrogens (tertiary/aromatic N) is 2. The number of hydrogen-bond acceptors (Lipinski definition) is 4. The summed E-state index contributed by atoms with van der Waals surface area (Å²) in [4.78, 5) is 17.3. The number of anilines is 1. The van der Waals surface area contributed by atoms with Crippen LogP contribution in [0.5, 0.6) is 11.5 Å². The van der Waals surface area contributed by atoms with Crippen LogP contribution in [0.3, 0.4) is 0 Å². The van der Waals surface area contributed by atoms with Gasteiger partial charge in [0.25, 0.3) is 5.91 Å². The summed E-state index contributed by atoms with van der Waals surface area (Å²) in [5.41, 5.74) is 4.52. The van der Waals surface area contributed by atoms with Crippen LogP contribution >= 0.6 is 0 Å². The summed E-state index contributed by atoms with van der Waals surface area (Å²) < 4.78 is 11.2. The molecule has 0 aromatic heterocycles. The average Bonchev–Trinajstić information content (AvgIpc) is 2.73. The van der Waals surface area contributed by atoms with Gasteiger partial charge in [0, 0.05) is 37.4 Å². The molecule has 0 aliphatic carbocycles. The fourth-order valence-corrected chi connectivity index (χ4v) is 3.59. The number of aryl methyl sites for hydroxylation is 1. The minimum atomic E-state index is 0.0410. The maximum Gasteiger partial charge on any atom is 0.254 e. The molecule has 1 heterocycles. The van der Waals surface area contributed by atoms with Gasteiger partial charge >= 0.3 is 0 Å². The van der Waals surface area contributed by atoms with Crippen LogP contribution in [-0.4, -0.2) is 50.7 Å². The second kappa shape index (κ2) is 9.21. The van der Waals surface area contributed by atoms with Gasteiger partial charge in [0.2, 0.25) is 0 Å². The highest BCUT2D eigenvalue weighted by molar-refractivity contribution is 5.95. The minimum absolute atomic E-state index is 0.0410. The molecule has 2 aromatic rings. The molecule has 3 rings (SSSR count). The lowest BCUT2D eigenvalue weighted by Gasteiger charge is -2.37. The average molecular weight is 397 g/mol. The van der Waals surface area contributed by atoms with Gasteiger partial charge in [-0.15, -0.1) is 0 Å². The van der Waals surface area contributed by atoms with E-state index in [0.29, 0.717) is 42.7 Å². The molecule has 0 radical (unpaired) electrons. The first kappa shape index (κ1) is 21.0. The Kier molecular flexibility index (Phi) is 6.68. The molecule has 1 aliphatic heterocycles. The lowest BCUT2D eigenvalue weighted by molar-refractivity contribution is 0.0746. The van der Waals surface area contributed by atoms with E-state index in [1.165, 1.54) is 16.8 Å². The first-order valence-corrected chi connectivity index (χ1v) is 10.3. The third-order valence-corrected chi connectivity index (χ3v) is 5.47. The zero-order valence-corrected chi connectivity index (χ0v) is 18.2. The van der Waals surface area contributed by atoms with Crippen molar-refractivity contribution in [2.24, 2.45) is 5.92 Å². The smallest absolute Gasteiger partial charge is 0.254 e. The number of carbonyl (C=O) groups is 1. The Hall–Kier alpha value is -2.69. The van der Waals surface area contributed by atoms with Gasteiger partial charge in [0.15, 0.2) is 11.5 Å². The largest absolute Gasteiger partial charge is 0.493 e. The molecule has 2 aromatic carbocycles. The maximum absolute atomic E-state index is 13.0. The van der Waals surface area contributed by atoms with E-state index in [9.17, 15) is 4.79 Å². The van der Waals surface area contributed by atoms with E-state index in [-0.39, 0.29) is 5.91 Å². The summed E-state index contributed by atoms with van der Waals surface area (Å²) in [6, 6.07) is 11.9. The normalized spacial score (nSPS) is 14.3. The van der Waals surface area contributed by atoms with Crippen molar-refractivity contribution < 1.29 is 14.3 Å². The van der Waals surface area contributed by atoms with Crippen molar-refractivity contribution in [3.05, 3.63) is 53.1 Å². The fourth-order valence-electron chi connectivity index (χ4n) is 3.59. The number of benzene rings is 2. The highest BCUT2D eigenvalue weighted by atomic mass is 16.5. The van der Waals surface area contributed by atoms with Gasteiger partial charge in [-0.25, -0.2) is 0 Å². The van der Waals surface area contributed by atoms with Gasteiger partial charge in [-0.1, -0.05) is 26.0 Å². The van der Waals surface area contributed by atoms with Crippen LogP contribution in [0.15, 0.2) is 36.4 Å². The van der Waals surface area contributed by atoms with Crippen LogP contribution < -0.4 is 14.4 Å². The molecule has 156 valence electrons. The Morgan fingerprint density at radius 1 is 1.03 bits per heavy atom. The van der Waals surface area contributed by atoms with E-state index in [2.05, 4.69) is 50.8 Å². The first-order chi connectivity index (χ1) is 13.9. The van der Waals surface area contributed by atoms with Gasteiger partial charge in [-0.05, 0) is 55.2 Å². The zero-order valence-electron chi connectivity index (χ0n) is 18.2. The Morgan fingerprint density at radius 3 is 2.41 bits per heavy atom. The molecular formula is C24H32N2O3. The van der Waals surface area contributed by atoms with Crippen LogP contribution in [0.4, 0.5) is 5.69 Å². The number of ether oxygens (including phenoxy) is 2. The fraction of sp³-hybridized carbons (Fsp3) is 0.458. The third kappa shape index (κ3) is 4.84. The van der Waals surface area contributed by atoms with E-state index in [1.54, 1.807) is 13.2 Å². The number of carbonyl (C=O) groups excluding carboxylic acids is 1. The van der Waals surface area contributed by atoms with Crippen molar-refractivity contribution in [3.8, 4) is 11.5 Å². The highest BCUT2D eigenvalue weighted by Crippen LogP contribution is 2.29.